The molecular formula is C18H23N3O3S. The molecule has 0 amide bonds. The van der Waals surface area contributed by atoms with Crippen molar-refractivity contribution < 1.29 is 14.3 Å². The van der Waals surface area contributed by atoms with E-state index in [0.717, 1.165) is 47.5 Å². The van der Waals surface area contributed by atoms with Crippen molar-refractivity contribution in [1.29, 1.82) is 0 Å². The number of nitrogens with zero attached hydrogens (tertiary/aromatic N) is 2. The summed E-state index contributed by atoms with van der Waals surface area (Å²) in [6.07, 6.45) is 6.51. The number of carbonyl (C=O) groups is 1. The highest BCUT2D eigenvalue weighted by Gasteiger charge is 2.38. The highest BCUT2D eigenvalue weighted by Crippen LogP contribution is 2.38. The summed E-state index contributed by atoms with van der Waals surface area (Å²) >= 11 is 1.38. The van der Waals surface area contributed by atoms with E-state index in [9.17, 15) is 4.79 Å². The minimum Gasteiger partial charge on any atom is -0.462 e. The van der Waals surface area contributed by atoms with Crippen LogP contribution in [0.15, 0.2) is 6.33 Å². The van der Waals surface area contributed by atoms with Crippen molar-refractivity contribution in [3.05, 3.63) is 16.8 Å². The molecule has 134 valence electrons. The van der Waals surface area contributed by atoms with Gasteiger partial charge in [-0.05, 0) is 45.1 Å². The molecule has 3 atom stereocenters. The summed E-state index contributed by atoms with van der Waals surface area (Å²) in [5, 5.41) is 4.59. The second kappa shape index (κ2) is 6.88. The van der Waals surface area contributed by atoms with Gasteiger partial charge in [0, 0.05) is 18.6 Å². The molecule has 4 rings (SSSR count). The molecule has 2 aromatic rings. The van der Waals surface area contributed by atoms with E-state index >= 15 is 0 Å². The number of hydrogen-bond donors (Lipinski definition) is 1. The molecule has 0 bridgehead atoms. The van der Waals surface area contributed by atoms with Crippen LogP contribution in [0.25, 0.3) is 10.2 Å². The molecule has 0 radical (unpaired) electrons. The number of anilines is 1. The van der Waals surface area contributed by atoms with E-state index in [4.69, 9.17) is 9.47 Å². The van der Waals surface area contributed by atoms with Gasteiger partial charge in [-0.15, -0.1) is 11.3 Å². The first-order chi connectivity index (χ1) is 12.2. The van der Waals surface area contributed by atoms with Crippen molar-refractivity contribution in [1.82, 2.24) is 9.97 Å². The van der Waals surface area contributed by atoms with E-state index in [0.29, 0.717) is 29.5 Å². The average molecular weight is 361 g/mol. The highest BCUT2D eigenvalue weighted by atomic mass is 32.1. The van der Waals surface area contributed by atoms with Crippen molar-refractivity contribution in [3.63, 3.8) is 0 Å². The van der Waals surface area contributed by atoms with Crippen LogP contribution in [0.5, 0.6) is 0 Å². The highest BCUT2D eigenvalue weighted by molar-refractivity contribution is 7.20. The number of carbonyl (C=O) groups excluding carboxylic acids is 1. The van der Waals surface area contributed by atoms with Gasteiger partial charge in [0.15, 0.2) is 0 Å². The lowest BCUT2D eigenvalue weighted by molar-refractivity contribution is 0.0531. The van der Waals surface area contributed by atoms with Crippen LogP contribution in [-0.4, -0.2) is 41.3 Å². The van der Waals surface area contributed by atoms with E-state index < -0.39 is 0 Å². The molecule has 0 spiro atoms. The maximum Gasteiger partial charge on any atom is 0.348 e. The number of nitrogens with one attached hydrogen (secondary N) is 1. The van der Waals surface area contributed by atoms with Gasteiger partial charge >= 0.3 is 5.97 Å². The zero-order valence-corrected chi connectivity index (χ0v) is 15.4. The Labute approximate surface area is 150 Å². The van der Waals surface area contributed by atoms with Gasteiger partial charge in [-0.25, -0.2) is 14.8 Å². The van der Waals surface area contributed by atoms with Crippen molar-refractivity contribution in [2.45, 2.75) is 51.7 Å². The molecular weight excluding hydrogens is 338 g/mol. The molecule has 3 heterocycles. The first kappa shape index (κ1) is 16.7. The Bertz CT molecular complexity index is 791. The van der Waals surface area contributed by atoms with Gasteiger partial charge in [0.1, 0.15) is 21.9 Å². The molecule has 7 heteroatoms. The maximum absolute atomic E-state index is 12.2. The number of hydrogen-bond acceptors (Lipinski definition) is 7. The first-order valence-corrected chi connectivity index (χ1v) is 9.80. The van der Waals surface area contributed by atoms with E-state index in [1.165, 1.54) is 17.8 Å². The van der Waals surface area contributed by atoms with Crippen molar-refractivity contribution >= 4 is 33.3 Å². The molecule has 1 aliphatic heterocycles. The lowest BCUT2D eigenvalue weighted by atomic mass is 9.82. The smallest absolute Gasteiger partial charge is 0.348 e. The Balaban J connectivity index is 1.66. The predicted molar refractivity (Wildman–Crippen MR) is 97.2 cm³/mol. The topological polar surface area (TPSA) is 73.3 Å². The number of ether oxygens (including phenoxy) is 2. The number of esters is 1. The Morgan fingerprint density at radius 1 is 1.40 bits per heavy atom. The SMILES string of the molecule is CCOC(=O)c1sc2ncnc(NC3CCCC4OCCC34)c2c1C. The molecule has 25 heavy (non-hydrogen) atoms. The Morgan fingerprint density at radius 3 is 3.12 bits per heavy atom. The summed E-state index contributed by atoms with van der Waals surface area (Å²) in [6.45, 7) is 4.99. The molecule has 1 saturated carbocycles. The first-order valence-electron chi connectivity index (χ1n) is 8.98. The van der Waals surface area contributed by atoms with Crippen LogP contribution in [0.2, 0.25) is 0 Å². The lowest BCUT2D eigenvalue weighted by Gasteiger charge is -2.33. The van der Waals surface area contributed by atoms with Gasteiger partial charge in [0.25, 0.3) is 0 Å². The van der Waals surface area contributed by atoms with Gasteiger partial charge in [0.2, 0.25) is 0 Å². The van der Waals surface area contributed by atoms with E-state index in [1.807, 2.05) is 13.8 Å². The molecule has 1 saturated heterocycles. The number of aryl methyl sites for hydroxylation is 1. The molecule has 6 nitrogen and oxygen atoms in total. The number of rotatable bonds is 4. The van der Waals surface area contributed by atoms with Crippen LogP contribution in [0.4, 0.5) is 5.82 Å². The molecule has 2 fully saturated rings. The Morgan fingerprint density at radius 2 is 2.28 bits per heavy atom. The van der Waals surface area contributed by atoms with Gasteiger partial charge < -0.3 is 14.8 Å². The number of aromatic nitrogens is 2. The van der Waals surface area contributed by atoms with Gasteiger partial charge in [0.05, 0.1) is 18.1 Å². The zero-order valence-electron chi connectivity index (χ0n) is 14.6. The fraction of sp³-hybridized carbons (Fsp3) is 0.611. The van der Waals surface area contributed by atoms with Crippen LogP contribution in [-0.2, 0) is 9.47 Å². The van der Waals surface area contributed by atoms with E-state index in [2.05, 4.69) is 15.3 Å². The van der Waals surface area contributed by atoms with Crippen molar-refractivity contribution in [3.8, 4) is 0 Å². The van der Waals surface area contributed by atoms with Gasteiger partial charge in [-0.3, -0.25) is 0 Å². The summed E-state index contributed by atoms with van der Waals surface area (Å²) in [5.74, 6) is 1.09. The second-order valence-corrected chi connectivity index (χ2v) is 7.72. The quantitative estimate of drug-likeness (QED) is 0.840. The summed E-state index contributed by atoms with van der Waals surface area (Å²) in [5.41, 5.74) is 0.900. The fourth-order valence-electron chi connectivity index (χ4n) is 4.10. The third-order valence-electron chi connectivity index (χ3n) is 5.29. The van der Waals surface area contributed by atoms with E-state index in [-0.39, 0.29) is 5.97 Å². The molecule has 2 aliphatic rings. The third kappa shape index (κ3) is 3.00. The van der Waals surface area contributed by atoms with Crippen molar-refractivity contribution in [2.24, 2.45) is 5.92 Å². The van der Waals surface area contributed by atoms with Gasteiger partial charge in [-0.2, -0.15) is 0 Å². The largest absolute Gasteiger partial charge is 0.462 e. The minimum atomic E-state index is -0.282. The van der Waals surface area contributed by atoms with Crippen LogP contribution in [0.3, 0.4) is 0 Å². The minimum absolute atomic E-state index is 0.282. The summed E-state index contributed by atoms with van der Waals surface area (Å²) < 4.78 is 11.0. The number of fused-ring (bicyclic) bond motifs is 2. The fourth-order valence-corrected chi connectivity index (χ4v) is 5.15. The summed E-state index contributed by atoms with van der Waals surface area (Å²) in [4.78, 5) is 22.5. The zero-order chi connectivity index (χ0) is 17.4. The normalized spacial score (nSPS) is 25.8. The number of thiophene rings is 1. The Hall–Kier alpha value is -1.73. The average Bonchev–Trinajstić information content (AvgIpc) is 3.21. The van der Waals surface area contributed by atoms with Crippen molar-refractivity contribution in [2.75, 3.05) is 18.5 Å². The monoisotopic (exact) mass is 361 g/mol. The van der Waals surface area contributed by atoms with Crippen LogP contribution in [0, 0.1) is 12.8 Å². The van der Waals surface area contributed by atoms with Crippen LogP contribution >= 0.6 is 11.3 Å². The lowest BCUT2D eigenvalue weighted by Crippen LogP contribution is -2.38. The van der Waals surface area contributed by atoms with Crippen LogP contribution in [0.1, 0.15) is 47.8 Å². The van der Waals surface area contributed by atoms with Gasteiger partial charge in [-0.1, -0.05) is 0 Å². The predicted octanol–water partition coefficient (Wildman–Crippen LogP) is 3.55. The van der Waals surface area contributed by atoms with Crippen LogP contribution < -0.4 is 5.32 Å². The molecule has 0 aromatic carbocycles. The maximum atomic E-state index is 12.2. The summed E-state index contributed by atoms with van der Waals surface area (Å²) in [7, 11) is 0. The standard InChI is InChI=1S/C18H23N3O3S/c1-3-23-18(22)15-10(2)14-16(19-9-20-17(14)25-15)21-12-5-4-6-13-11(12)7-8-24-13/h9,11-13H,3-8H2,1-2H3,(H,19,20,21). The third-order valence-corrected chi connectivity index (χ3v) is 6.47. The summed E-state index contributed by atoms with van der Waals surface area (Å²) in [6, 6.07) is 0.365. The Kier molecular flexibility index (Phi) is 4.60. The second-order valence-electron chi connectivity index (χ2n) is 6.72. The molecule has 1 N–H and O–H groups in total. The molecule has 1 aliphatic carbocycles. The molecule has 2 aromatic heterocycles. The van der Waals surface area contributed by atoms with E-state index in [1.54, 1.807) is 6.33 Å². The molecule has 3 unspecified atom stereocenters.